The quantitative estimate of drug-likeness (QED) is 0.876. The van der Waals surface area contributed by atoms with E-state index in [4.69, 9.17) is 0 Å². The molecule has 21 heavy (non-hydrogen) atoms. The van der Waals surface area contributed by atoms with Gasteiger partial charge in [-0.3, -0.25) is 4.98 Å². The summed E-state index contributed by atoms with van der Waals surface area (Å²) in [4.78, 5) is 9.51. The minimum Gasteiger partial charge on any atom is -0.312 e. The molecule has 1 saturated heterocycles. The molecule has 1 aromatic heterocycles. The van der Waals surface area contributed by atoms with Crippen LogP contribution in [0, 0.1) is 0 Å². The number of aromatic nitrogens is 1. The minimum atomic E-state index is 0.439. The average Bonchev–Trinajstić information content (AvgIpc) is 2.62. The second-order valence-electron chi connectivity index (χ2n) is 6.00. The maximum atomic E-state index is 4.54. The van der Waals surface area contributed by atoms with Crippen LogP contribution < -0.4 is 5.32 Å². The number of likely N-dealkylation sites (N-methyl/N-ethyl adjacent to an activating group) is 3. The zero-order valence-electron chi connectivity index (χ0n) is 13.3. The Hall–Kier alpha value is -0.490. The summed E-state index contributed by atoms with van der Waals surface area (Å²) in [6.07, 6.45) is 4.12. The van der Waals surface area contributed by atoms with Crippen molar-refractivity contribution in [3.8, 4) is 0 Å². The second-order valence-corrected chi connectivity index (χ2v) is 6.92. The number of halogens is 1. The Morgan fingerprint density at radius 2 is 2.19 bits per heavy atom. The summed E-state index contributed by atoms with van der Waals surface area (Å²) in [5.41, 5.74) is 1.16. The molecular formula is C16H27BrN4. The summed E-state index contributed by atoms with van der Waals surface area (Å²) in [6.45, 7) is 6.66. The summed E-state index contributed by atoms with van der Waals surface area (Å²) < 4.78 is 1.04. The van der Waals surface area contributed by atoms with Crippen LogP contribution in [0.4, 0.5) is 0 Å². The van der Waals surface area contributed by atoms with Gasteiger partial charge in [0.15, 0.2) is 0 Å². The maximum Gasteiger partial charge on any atom is 0.0420 e. The number of rotatable bonds is 5. The molecule has 0 amide bonds. The summed E-state index contributed by atoms with van der Waals surface area (Å²) in [5, 5.41) is 3.67. The fourth-order valence-corrected chi connectivity index (χ4v) is 3.33. The molecule has 0 aromatic carbocycles. The molecule has 5 heteroatoms. The first-order valence-corrected chi connectivity index (χ1v) is 8.62. The molecule has 1 aliphatic rings. The Bertz CT molecular complexity index is 423. The van der Waals surface area contributed by atoms with Gasteiger partial charge in [0.05, 0.1) is 0 Å². The molecule has 1 fully saturated rings. The van der Waals surface area contributed by atoms with Crippen LogP contribution in [-0.4, -0.2) is 67.1 Å². The Kier molecular flexibility index (Phi) is 6.61. The van der Waals surface area contributed by atoms with Crippen LogP contribution in [0.5, 0.6) is 0 Å². The van der Waals surface area contributed by atoms with Crippen molar-refractivity contribution in [3.63, 3.8) is 0 Å². The van der Waals surface area contributed by atoms with Crippen molar-refractivity contribution in [2.45, 2.75) is 31.8 Å². The topological polar surface area (TPSA) is 31.4 Å². The van der Waals surface area contributed by atoms with Gasteiger partial charge in [0.2, 0.25) is 0 Å². The third kappa shape index (κ3) is 5.02. The number of nitrogens with one attached hydrogen (secondary N) is 1. The summed E-state index contributed by atoms with van der Waals surface area (Å²) in [6, 6.07) is 5.17. The zero-order chi connectivity index (χ0) is 15.2. The van der Waals surface area contributed by atoms with Crippen LogP contribution >= 0.6 is 15.9 Å². The molecule has 118 valence electrons. The van der Waals surface area contributed by atoms with Crippen molar-refractivity contribution in [2.24, 2.45) is 0 Å². The van der Waals surface area contributed by atoms with E-state index in [0.29, 0.717) is 12.1 Å². The van der Waals surface area contributed by atoms with Crippen LogP contribution in [0.25, 0.3) is 0 Å². The van der Waals surface area contributed by atoms with Crippen LogP contribution in [0.3, 0.4) is 0 Å². The molecule has 0 spiro atoms. The lowest BCUT2D eigenvalue weighted by Crippen LogP contribution is -2.53. The molecule has 2 atom stereocenters. The standard InChI is InChI=1S/C16H27BrN4/c1-4-18-15(10-14-7-6-13(17)11-19-14)16-12-20(2)8-5-9-21(16)3/h6-7,11,15-16,18H,4-5,8-10,12H2,1-3H3. The second kappa shape index (κ2) is 8.22. The molecule has 0 radical (unpaired) electrons. The Morgan fingerprint density at radius 3 is 2.86 bits per heavy atom. The lowest BCUT2D eigenvalue weighted by molar-refractivity contribution is 0.177. The smallest absolute Gasteiger partial charge is 0.0420 e. The van der Waals surface area contributed by atoms with Gasteiger partial charge in [0.25, 0.3) is 0 Å². The van der Waals surface area contributed by atoms with E-state index in [9.17, 15) is 0 Å². The zero-order valence-corrected chi connectivity index (χ0v) is 14.9. The van der Waals surface area contributed by atoms with E-state index in [1.165, 1.54) is 19.5 Å². The monoisotopic (exact) mass is 354 g/mol. The fourth-order valence-electron chi connectivity index (χ4n) is 3.10. The molecule has 0 bridgehead atoms. The van der Waals surface area contributed by atoms with Gasteiger partial charge in [0, 0.05) is 41.4 Å². The van der Waals surface area contributed by atoms with Crippen molar-refractivity contribution in [3.05, 3.63) is 28.5 Å². The van der Waals surface area contributed by atoms with Crippen LogP contribution in [0.2, 0.25) is 0 Å². The summed E-state index contributed by atoms with van der Waals surface area (Å²) >= 11 is 3.45. The molecule has 4 nitrogen and oxygen atoms in total. The van der Waals surface area contributed by atoms with E-state index in [-0.39, 0.29) is 0 Å². The first kappa shape index (κ1) is 16.9. The first-order valence-electron chi connectivity index (χ1n) is 7.82. The highest BCUT2D eigenvalue weighted by molar-refractivity contribution is 9.10. The number of hydrogen-bond acceptors (Lipinski definition) is 4. The van der Waals surface area contributed by atoms with Crippen LogP contribution in [0.1, 0.15) is 19.0 Å². The number of nitrogens with zero attached hydrogens (tertiary/aromatic N) is 3. The van der Waals surface area contributed by atoms with E-state index >= 15 is 0 Å². The Balaban J connectivity index is 2.10. The minimum absolute atomic E-state index is 0.439. The van der Waals surface area contributed by atoms with Gasteiger partial charge in [-0.25, -0.2) is 0 Å². The third-order valence-corrected chi connectivity index (χ3v) is 4.73. The molecule has 1 N–H and O–H groups in total. The van der Waals surface area contributed by atoms with E-state index < -0.39 is 0 Å². The van der Waals surface area contributed by atoms with Gasteiger partial charge in [-0.05, 0) is 68.2 Å². The largest absolute Gasteiger partial charge is 0.312 e. The molecule has 2 heterocycles. The van der Waals surface area contributed by atoms with Gasteiger partial charge in [0.1, 0.15) is 0 Å². The van der Waals surface area contributed by atoms with E-state index in [2.05, 4.69) is 69.2 Å². The average molecular weight is 355 g/mol. The van der Waals surface area contributed by atoms with Crippen molar-refractivity contribution in [2.75, 3.05) is 40.3 Å². The highest BCUT2D eigenvalue weighted by atomic mass is 79.9. The molecule has 0 saturated carbocycles. The maximum absolute atomic E-state index is 4.54. The number of pyridine rings is 1. The predicted octanol–water partition coefficient (Wildman–Crippen LogP) is 2.00. The van der Waals surface area contributed by atoms with Crippen molar-refractivity contribution < 1.29 is 0 Å². The third-order valence-electron chi connectivity index (χ3n) is 4.26. The Morgan fingerprint density at radius 1 is 1.38 bits per heavy atom. The van der Waals surface area contributed by atoms with Gasteiger partial charge >= 0.3 is 0 Å². The molecule has 1 aromatic rings. The van der Waals surface area contributed by atoms with E-state index in [1.54, 1.807) is 0 Å². The van der Waals surface area contributed by atoms with Crippen molar-refractivity contribution >= 4 is 15.9 Å². The van der Waals surface area contributed by atoms with Crippen LogP contribution in [0.15, 0.2) is 22.8 Å². The van der Waals surface area contributed by atoms with Gasteiger partial charge < -0.3 is 15.1 Å². The lowest BCUT2D eigenvalue weighted by atomic mass is 10.0. The fraction of sp³-hybridized carbons (Fsp3) is 0.688. The van der Waals surface area contributed by atoms with E-state index in [1.807, 2.05) is 6.20 Å². The SMILES string of the molecule is CCNC(Cc1ccc(Br)cn1)C1CN(C)CCCN1C. The summed E-state index contributed by atoms with van der Waals surface area (Å²) in [5.74, 6) is 0. The Labute approximate surface area is 137 Å². The number of hydrogen-bond donors (Lipinski definition) is 1. The summed E-state index contributed by atoms with van der Waals surface area (Å²) in [7, 11) is 4.48. The molecular weight excluding hydrogens is 328 g/mol. The lowest BCUT2D eigenvalue weighted by Gasteiger charge is -2.35. The molecule has 2 unspecified atom stereocenters. The van der Waals surface area contributed by atoms with E-state index in [0.717, 1.165) is 29.7 Å². The van der Waals surface area contributed by atoms with Crippen LogP contribution in [-0.2, 0) is 6.42 Å². The van der Waals surface area contributed by atoms with Gasteiger partial charge in [-0.15, -0.1) is 0 Å². The first-order chi connectivity index (χ1) is 10.1. The highest BCUT2D eigenvalue weighted by Gasteiger charge is 2.28. The molecule has 0 aliphatic carbocycles. The van der Waals surface area contributed by atoms with Gasteiger partial charge in [-0.2, -0.15) is 0 Å². The molecule has 1 aliphatic heterocycles. The molecule has 2 rings (SSSR count). The van der Waals surface area contributed by atoms with Gasteiger partial charge in [-0.1, -0.05) is 6.92 Å². The van der Waals surface area contributed by atoms with Crippen molar-refractivity contribution in [1.29, 1.82) is 0 Å². The highest BCUT2D eigenvalue weighted by Crippen LogP contribution is 2.15. The normalized spacial score (nSPS) is 23.0. The van der Waals surface area contributed by atoms with Crippen molar-refractivity contribution in [1.82, 2.24) is 20.1 Å². The predicted molar refractivity (Wildman–Crippen MR) is 91.6 cm³/mol.